The topological polar surface area (TPSA) is 165 Å². The van der Waals surface area contributed by atoms with Crippen LogP contribution in [0.15, 0.2) is 71.5 Å². The number of hydrogen-bond donors (Lipinski definition) is 4. The van der Waals surface area contributed by atoms with Gasteiger partial charge in [0.2, 0.25) is 0 Å². The van der Waals surface area contributed by atoms with Crippen molar-refractivity contribution in [2.45, 2.75) is 12.2 Å². The van der Waals surface area contributed by atoms with Crippen LogP contribution in [0.2, 0.25) is 0 Å². The number of hydrogen-bond acceptors (Lipinski definition) is 8. The summed E-state index contributed by atoms with van der Waals surface area (Å²) in [6.07, 6.45) is -5.43. The van der Waals surface area contributed by atoms with Crippen LogP contribution in [-0.4, -0.2) is 45.8 Å². The van der Waals surface area contributed by atoms with E-state index in [2.05, 4.69) is 20.1 Å². The minimum absolute atomic E-state index is 0.0193. The zero-order valence-corrected chi connectivity index (χ0v) is 21.0. The molecule has 1 aromatic heterocycles. The number of nitrogens with zero attached hydrogens (tertiary/aromatic N) is 2. The summed E-state index contributed by atoms with van der Waals surface area (Å²) in [6.45, 7) is 0. The Morgan fingerprint density at radius 2 is 1.78 bits per heavy atom. The molecule has 212 valence electrons. The average Bonchev–Trinajstić information content (AvgIpc) is 3.32. The second-order valence-corrected chi connectivity index (χ2v) is 8.37. The minimum Gasteiger partial charge on any atom is -0.497 e. The molecule has 1 unspecified atom stereocenters. The second-order valence-electron chi connectivity index (χ2n) is 8.37. The fraction of sp³-hybridized carbons (Fsp3) is 0.115. The Kier molecular flexibility index (Phi) is 7.89. The molecule has 1 atom stereocenters. The van der Waals surface area contributed by atoms with E-state index in [0.29, 0.717) is 15.9 Å². The van der Waals surface area contributed by atoms with Gasteiger partial charge in [0.15, 0.2) is 5.82 Å². The van der Waals surface area contributed by atoms with Crippen LogP contribution in [0.25, 0.3) is 5.69 Å². The van der Waals surface area contributed by atoms with E-state index in [1.165, 1.54) is 49.6 Å². The van der Waals surface area contributed by atoms with Crippen molar-refractivity contribution < 1.29 is 36.6 Å². The number of nitrogen functional groups attached to an aromatic ring is 1. The highest BCUT2D eigenvalue weighted by molar-refractivity contribution is 6.00. The first kappa shape index (κ1) is 28.5. The SMILES string of the molecule is COc1ccc(C(Nc2ccc(C(=N)N)cc2)c2nn(-c3ccccc3C(=O)OC(=O)C(F)(F)F)c(=O)[nH]2)c(F)c1. The molecule has 41 heavy (non-hydrogen) atoms. The summed E-state index contributed by atoms with van der Waals surface area (Å²) >= 11 is 0. The van der Waals surface area contributed by atoms with Crippen molar-refractivity contribution in [1.82, 2.24) is 14.8 Å². The number of halogens is 4. The Balaban J connectivity index is 1.77. The molecule has 5 N–H and O–H groups in total. The number of benzene rings is 3. The molecule has 0 bridgehead atoms. The number of amidine groups is 1. The van der Waals surface area contributed by atoms with Crippen molar-refractivity contribution in [3.05, 3.63) is 106 Å². The van der Waals surface area contributed by atoms with Crippen molar-refractivity contribution >= 4 is 23.5 Å². The molecule has 0 saturated carbocycles. The van der Waals surface area contributed by atoms with Crippen molar-refractivity contribution in [1.29, 1.82) is 5.41 Å². The lowest BCUT2D eigenvalue weighted by atomic mass is 10.0. The number of carbonyl (C=O) groups excluding carboxylic acids is 2. The number of esters is 2. The predicted octanol–water partition coefficient (Wildman–Crippen LogP) is 3.44. The molecule has 0 aliphatic heterocycles. The van der Waals surface area contributed by atoms with E-state index in [-0.39, 0.29) is 28.7 Å². The first-order chi connectivity index (χ1) is 19.4. The van der Waals surface area contributed by atoms with E-state index < -0.39 is 41.2 Å². The van der Waals surface area contributed by atoms with Gasteiger partial charge < -0.3 is 20.5 Å². The van der Waals surface area contributed by atoms with E-state index in [0.717, 1.165) is 12.1 Å². The Bertz CT molecular complexity index is 1680. The summed E-state index contributed by atoms with van der Waals surface area (Å²) in [5, 5.41) is 14.7. The predicted molar refractivity (Wildman–Crippen MR) is 137 cm³/mol. The molecule has 0 radical (unpaired) electrons. The Labute approximate surface area is 228 Å². The summed E-state index contributed by atoms with van der Waals surface area (Å²) in [7, 11) is 1.35. The molecule has 0 amide bonds. The van der Waals surface area contributed by atoms with Gasteiger partial charge >= 0.3 is 23.8 Å². The minimum atomic E-state index is -5.43. The lowest BCUT2D eigenvalue weighted by Gasteiger charge is -2.19. The van der Waals surface area contributed by atoms with Gasteiger partial charge in [-0.25, -0.2) is 18.8 Å². The number of methoxy groups -OCH3 is 1. The lowest BCUT2D eigenvalue weighted by molar-refractivity contribution is -0.193. The van der Waals surface area contributed by atoms with E-state index in [1.807, 2.05) is 0 Å². The Hall–Kier alpha value is -5.47. The van der Waals surface area contributed by atoms with Crippen LogP contribution in [0.5, 0.6) is 5.75 Å². The third-order valence-electron chi connectivity index (χ3n) is 5.70. The molecule has 4 rings (SSSR count). The Morgan fingerprint density at radius 3 is 2.39 bits per heavy atom. The number of ether oxygens (including phenoxy) is 2. The first-order valence-electron chi connectivity index (χ1n) is 11.6. The molecule has 0 spiro atoms. The smallest absolute Gasteiger partial charge is 0.491 e. The molecule has 11 nitrogen and oxygen atoms in total. The quantitative estimate of drug-likeness (QED) is 0.0820. The number of alkyl halides is 3. The summed E-state index contributed by atoms with van der Waals surface area (Å²) in [5.41, 5.74) is 4.55. The van der Waals surface area contributed by atoms with Gasteiger partial charge in [-0.3, -0.25) is 10.4 Å². The second kappa shape index (κ2) is 11.3. The molecule has 3 aromatic carbocycles. The van der Waals surface area contributed by atoms with Gasteiger partial charge in [-0.15, -0.1) is 5.10 Å². The van der Waals surface area contributed by atoms with Gasteiger partial charge in [-0.2, -0.15) is 17.9 Å². The van der Waals surface area contributed by atoms with E-state index in [4.69, 9.17) is 15.9 Å². The molecular weight excluding hydrogens is 552 g/mol. The monoisotopic (exact) mass is 572 g/mol. The number of anilines is 1. The van der Waals surface area contributed by atoms with Gasteiger partial charge in [0.05, 0.1) is 18.4 Å². The van der Waals surface area contributed by atoms with Crippen LogP contribution in [0.3, 0.4) is 0 Å². The van der Waals surface area contributed by atoms with Crippen molar-refractivity contribution in [2.75, 3.05) is 12.4 Å². The molecule has 0 fully saturated rings. The van der Waals surface area contributed by atoms with Gasteiger partial charge in [-0.1, -0.05) is 12.1 Å². The normalized spacial score (nSPS) is 11.9. The highest BCUT2D eigenvalue weighted by Gasteiger charge is 2.43. The highest BCUT2D eigenvalue weighted by Crippen LogP contribution is 2.29. The third kappa shape index (κ3) is 6.24. The standard InChI is InChI=1S/C26H20F4N6O5/c1-40-15-10-11-16(18(27)12-15)20(33-14-8-6-13(7-9-14)21(31)32)22-34-25(39)36(35-22)19-5-3-2-4-17(19)23(37)41-24(38)26(28,29)30/h2-12,20,33H,1H3,(H3,31,32)(H,34,35,39). The van der Waals surface area contributed by atoms with Gasteiger partial charge in [0.25, 0.3) is 0 Å². The van der Waals surface area contributed by atoms with E-state index in [1.54, 1.807) is 12.1 Å². The van der Waals surface area contributed by atoms with E-state index in [9.17, 15) is 27.6 Å². The zero-order chi connectivity index (χ0) is 29.9. The van der Waals surface area contributed by atoms with Gasteiger partial charge in [0.1, 0.15) is 23.4 Å². The molecule has 0 aliphatic carbocycles. The molecule has 15 heteroatoms. The number of nitrogens with two attached hydrogens (primary N) is 1. The zero-order valence-electron chi connectivity index (χ0n) is 21.0. The molecule has 0 saturated heterocycles. The molecule has 4 aromatic rings. The van der Waals surface area contributed by atoms with Crippen LogP contribution in [-0.2, 0) is 9.53 Å². The number of aromatic nitrogens is 3. The van der Waals surface area contributed by atoms with Crippen LogP contribution in [0.1, 0.15) is 33.4 Å². The average molecular weight is 572 g/mol. The maximum absolute atomic E-state index is 15.2. The van der Waals surface area contributed by atoms with Crippen LogP contribution in [0.4, 0.5) is 23.2 Å². The van der Waals surface area contributed by atoms with Crippen molar-refractivity contribution in [2.24, 2.45) is 5.73 Å². The van der Waals surface area contributed by atoms with Gasteiger partial charge in [-0.05, 0) is 48.5 Å². The number of rotatable bonds is 8. The first-order valence-corrected chi connectivity index (χ1v) is 11.6. The summed E-state index contributed by atoms with van der Waals surface area (Å²) in [6, 6.07) is 13.9. The highest BCUT2D eigenvalue weighted by atomic mass is 19.4. The number of aromatic amines is 1. The van der Waals surface area contributed by atoms with Crippen molar-refractivity contribution in [3.63, 3.8) is 0 Å². The number of carbonyl (C=O) groups is 2. The molecule has 1 heterocycles. The fourth-order valence-electron chi connectivity index (χ4n) is 3.74. The van der Waals surface area contributed by atoms with Gasteiger partial charge in [0, 0.05) is 22.9 Å². The summed E-state index contributed by atoms with van der Waals surface area (Å²) in [5.74, 6) is -5.23. The maximum Gasteiger partial charge on any atom is 0.491 e. The third-order valence-corrected chi connectivity index (χ3v) is 5.70. The fourth-order valence-corrected chi connectivity index (χ4v) is 3.74. The largest absolute Gasteiger partial charge is 0.497 e. The van der Waals surface area contributed by atoms with Crippen LogP contribution in [0, 0.1) is 11.2 Å². The van der Waals surface area contributed by atoms with Crippen LogP contribution >= 0.6 is 0 Å². The van der Waals surface area contributed by atoms with Crippen LogP contribution < -0.4 is 21.5 Å². The molecular formula is C26H20F4N6O5. The number of nitrogens with one attached hydrogen (secondary N) is 3. The lowest BCUT2D eigenvalue weighted by Crippen LogP contribution is -2.29. The van der Waals surface area contributed by atoms with E-state index >= 15 is 4.39 Å². The summed E-state index contributed by atoms with van der Waals surface area (Å²) in [4.78, 5) is 39.0. The van der Waals surface area contributed by atoms with Crippen molar-refractivity contribution in [3.8, 4) is 11.4 Å². The number of para-hydroxylation sites is 1. The maximum atomic E-state index is 15.2. The summed E-state index contributed by atoms with van der Waals surface area (Å²) < 4.78 is 62.7. The number of H-pyrrole nitrogens is 1. The Morgan fingerprint density at radius 1 is 1.10 bits per heavy atom. The molecule has 0 aliphatic rings.